The predicted molar refractivity (Wildman–Crippen MR) is 89.5 cm³/mol. The Morgan fingerprint density at radius 3 is 2.67 bits per heavy atom. The lowest BCUT2D eigenvalue weighted by Crippen LogP contribution is -2.46. The molecule has 0 aliphatic carbocycles. The molecule has 130 valence electrons. The summed E-state index contributed by atoms with van der Waals surface area (Å²) in [5.74, 6) is -0.881. The number of benzene rings is 1. The molecular formula is C19H25NO4. The number of fused-ring (bicyclic) bond motifs is 1. The number of carbonyl (C=O) groups is 2. The van der Waals surface area contributed by atoms with E-state index in [0.717, 1.165) is 5.56 Å². The molecule has 3 rings (SSSR count). The van der Waals surface area contributed by atoms with Gasteiger partial charge in [0.15, 0.2) is 0 Å². The van der Waals surface area contributed by atoms with Crippen molar-refractivity contribution in [3.05, 3.63) is 35.9 Å². The first-order valence-corrected chi connectivity index (χ1v) is 8.50. The van der Waals surface area contributed by atoms with Gasteiger partial charge in [0.25, 0.3) is 0 Å². The van der Waals surface area contributed by atoms with Crippen LogP contribution in [0.4, 0.5) is 0 Å². The van der Waals surface area contributed by atoms with Gasteiger partial charge < -0.3 is 14.7 Å². The van der Waals surface area contributed by atoms with Crippen molar-refractivity contribution in [2.45, 2.75) is 26.7 Å². The van der Waals surface area contributed by atoms with Crippen LogP contribution in [-0.4, -0.2) is 48.2 Å². The van der Waals surface area contributed by atoms with Gasteiger partial charge in [-0.1, -0.05) is 44.2 Å². The van der Waals surface area contributed by atoms with E-state index in [1.165, 1.54) is 0 Å². The van der Waals surface area contributed by atoms with Crippen LogP contribution < -0.4 is 0 Å². The number of hydrogen-bond donors (Lipinski definition) is 1. The summed E-state index contributed by atoms with van der Waals surface area (Å²) < 4.78 is 5.47. The van der Waals surface area contributed by atoms with Crippen LogP contribution in [0, 0.1) is 16.7 Å². The highest BCUT2D eigenvalue weighted by Crippen LogP contribution is 2.43. The summed E-state index contributed by atoms with van der Waals surface area (Å²) in [7, 11) is 0. The van der Waals surface area contributed by atoms with Crippen LogP contribution in [0.5, 0.6) is 0 Å². The zero-order valence-corrected chi connectivity index (χ0v) is 14.3. The molecule has 1 N–H and O–H groups in total. The monoisotopic (exact) mass is 331 g/mol. The molecule has 1 aromatic rings. The van der Waals surface area contributed by atoms with Gasteiger partial charge in [-0.2, -0.15) is 0 Å². The van der Waals surface area contributed by atoms with E-state index >= 15 is 0 Å². The Morgan fingerprint density at radius 1 is 1.33 bits per heavy atom. The highest BCUT2D eigenvalue weighted by Gasteiger charge is 2.55. The van der Waals surface area contributed by atoms with E-state index < -0.39 is 16.8 Å². The van der Waals surface area contributed by atoms with Gasteiger partial charge >= 0.3 is 5.97 Å². The molecule has 2 heterocycles. The molecule has 0 bridgehead atoms. The Hall–Kier alpha value is -1.88. The second kappa shape index (κ2) is 6.20. The fourth-order valence-corrected chi connectivity index (χ4v) is 4.06. The van der Waals surface area contributed by atoms with Crippen molar-refractivity contribution in [2.24, 2.45) is 16.7 Å². The topological polar surface area (TPSA) is 66.8 Å². The molecule has 0 spiro atoms. The summed E-state index contributed by atoms with van der Waals surface area (Å²) >= 11 is 0. The summed E-state index contributed by atoms with van der Waals surface area (Å²) in [6.45, 7) is 5.53. The van der Waals surface area contributed by atoms with E-state index in [2.05, 4.69) is 0 Å². The lowest BCUT2D eigenvalue weighted by Gasteiger charge is -2.34. The maximum atomic E-state index is 13.1. The standard InChI is InChI=1S/C19H25NO4/c1-18(2,10-14-6-4-3-5-7-14)16(21)20-11-15-12-24-9-8-19(15,13-20)17(22)23/h3-7,15H,8-13H2,1-2H3,(H,22,23)/t15-,19+/m0/s1. The molecule has 2 aliphatic heterocycles. The molecule has 0 aromatic heterocycles. The molecule has 0 saturated carbocycles. The molecule has 2 aliphatic rings. The third-order valence-corrected chi connectivity index (χ3v) is 5.49. The summed E-state index contributed by atoms with van der Waals surface area (Å²) in [5, 5.41) is 9.74. The fraction of sp³-hybridized carbons (Fsp3) is 0.579. The van der Waals surface area contributed by atoms with Gasteiger partial charge in [0.05, 0.1) is 12.0 Å². The molecular weight excluding hydrogens is 306 g/mol. The number of hydrogen-bond acceptors (Lipinski definition) is 3. The SMILES string of the molecule is CC(C)(Cc1ccccc1)C(=O)N1C[C@H]2COCC[C@@]2(C(=O)O)C1. The van der Waals surface area contributed by atoms with Crippen molar-refractivity contribution in [1.29, 1.82) is 0 Å². The van der Waals surface area contributed by atoms with E-state index in [-0.39, 0.29) is 11.8 Å². The summed E-state index contributed by atoms with van der Waals surface area (Å²) in [5.41, 5.74) is -0.282. The van der Waals surface area contributed by atoms with Gasteiger partial charge in [-0.05, 0) is 18.4 Å². The average molecular weight is 331 g/mol. The highest BCUT2D eigenvalue weighted by molar-refractivity contribution is 5.85. The summed E-state index contributed by atoms with van der Waals surface area (Å²) in [6.07, 6.45) is 1.13. The normalized spacial score (nSPS) is 26.9. The number of aliphatic carboxylic acids is 1. The quantitative estimate of drug-likeness (QED) is 0.918. The molecule has 1 amide bonds. The van der Waals surface area contributed by atoms with E-state index in [1.54, 1.807) is 4.90 Å². The molecule has 24 heavy (non-hydrogen) atoms. The van der Waals surface area contributed by atoms with Gasteiger partial charge in [0.2, 0.25) is 5.91 Å². The average Bonchev–Trinajstić information content (AvgIpc) is 2.95. The zero-order chi connectivity index (χ0) is 17.4. The number of carboxylic acid groups (broad SMARTS) is 1. The predicted octanol–water partition coefficient (Wildman–Crippen LogP) is 2.21. The lowest BCUT2D eigenvalue weighted by molar-refractivity contribution is -0.157. The summed E-state index contributed by atoms with van der Waals surface area (Å²) in [6, 6.07) is 9.94. The Morgan fingerprint density at radius 2 is 2.04 bits per heavy atom. The number of nitrogens with zero attached hydrogens (tertiary/aromatic N) is 1. The zero-order valence-electron chi connectivity index (χ0n) is 14.3. The van der Waals surface area contributed by atoms with Crippen LogP contribution in [0.3, 0.4) is 0 Å². The van der Waals surface area contributed by atoms with Crippen molar-refractivity contribution >= 4 is 11.9 Å². The number of rotatable bonds is 4. The maximum Gasteiger partial charge on any atom is 0.311 e. The van der Waals surface area contributed by atoms with Crippen LogP contribution >= 0.6 is 0 Å². The van der Waals surface area contributed by atoms with Crippen molar-refractivity contribution in [3.63, 3.8) is 0 Å². The first-order valence-electron chi connectivity index (χ1n) is 8.50. The van der Waals surface area contributed by atoms with Crippen LogP contribution in [0.15, 0.2) is 30.3 Å². The van der Waals surface area contributed by atoms with Crippen molar-refractivity contribution < 1.29 is 19.4 Å². The minimum atomic E-state index is -0.837. The Bertz CT molecular complexity index is 628. The van der Waals surface area contributed by atoms with Crippen LogP contribution in [0.1, 0.15) is 25.8 Å². The van der Waals surface area contributed by atoms with E-state index in [4.69, 9.17) is 4.74 Å². The fourth-order valence-electron chi connectivity index (χ4n) is 4.06. The largest absolute Gasteiger partial charge is 0.481 e. The van der Waals surface area contributed by atoms with E-state index in [0.29, 0.717) is 39.1 Å². The second-order valence-corrected chi connectivity index (χ2v) is 7.72. The number of ether oxygens (including phenoxy) is 1. The number of likely N-dealkylation sites (tertiary alicyclic amines) is 1. The molecule has 2 fully saturated rings. The minimum Gasteiger partial charge on any atom is -0.481 e. The third-order valence-electron chi connectivity index (χ3n) is 5.49. The maximum absolute atomic E-state index is 13.1. The Kier molecular flexibility index (Phi) is 4.38. The molecule has 1 aromatic carbocycles. The van der Waals surface area contributed by atoms with Gasteiger partial charge in [0, 0.05) is 31.0 Å². The molecule has 0 unspecified atom stereocenters. The van der Waals surface area contributed by atoms with Gasteiger partial charge in [-0.15, -0.1) is 0 Å². The summed E-state index contributed by atoms with van der Waals surface area (Å²) in [4.78, 5) is 26.7. The van der Waals surface area contributed by atoms with Crippen molar-refractivity contribution in [3.8, 4) is 0 Å². The molecule has 5 heteroatoms. The minimum absolute atomic E-state index is 0.0291. The number of carboxylic acids is 1. The van der Waals surface area contributed by atoms with Crippen LogP contribution in [0.2, 0.25) is 0 Å². The van der Waals surface area contributed by atoms with Gasteiger partial charge in [-0.25, -0.2) is 0 Å². The van der Waals surface area contributed by atoms with Crippen LogP contribution in [0.25, 0.3) is 0 Å². The Labute approximate surface area is 142 Å². The first-order chi connectivity index (χ1) is 11.3. The number of amides is 1. The Balaban J connectivity index is 1.76. The van der Waals surface area contributed by atoms with E-state index in [1.807, 2.05) is 44.2 Å². The molecule has 2 saturated heterocycles. The first kappa shape index (κ1) is 17.0. The lowest BCUT2D eigenvalue weighted by atomic mass is 9.74. The van der Waals surface area contributed by atoms with Crippen molar-refractivity contribution in [1.82, 2.24) is 4.90 Å². The third kappa shape index (κ3) is 2.93. The molecule has 5 nitrogen and oxygen atoms in total. The second-order valence-electron chi connectivity index (χ2n) is 7.72. The van der Waals surface area contributed by atoms with Crippen LogP contribution in [-0.2, 0) is 20.7 Å². The van der Waals surface area contributed by atoms with E-state index in [9.17, 15) is 14.7 Å². The smallest absolute Gasteiger partial charge is 0.311 e. The molecule has 2 atom stereocenters. The number of carbonyl (C=O) groups excluding carboxylic acids is 1. The molecule has 0 radical (unpaired) electrons. The van der Waals surface area contributed by atoms with Gasteiger partial charge in [-0.3, -0.25) is 9.59 Å². The van der Waals surface area contributed by atoms with Crippen molar-refractivity contribution in [2.75, 3.05) is 26.3 Å². The highest BCUT2D eigenvalue weighted by atomic mass is 16.5. The van der Waals surface area contributed by atoms with Gasteiger partial charge in [0.1, 0.15) is 0 Å².